The first kappa shape index (κ1) is 12.6. The molecule has 0 spiro atoms. The number of aromatic nitrogens is 2. The van der Waals surface area contributed by atoms with Crippen LogP contribution < -0.4 is 5.73 Å². The molecular formula is C13H24N4. The van der Waals surface area contributed by atoms with Gasteiger partial charge >= 0.3 is 0 Å². The van der Waals surface area contributed by atoms with Crippen LogP contribution in [0.2, 0.25) is 0 Å². The second-order valence-corrected chi connectivity index (χ2v) is 5.50. The molecule has 2 unspecified atom stereocenters. The largest absolute Gasteiger partial charge is 0.330 e. The molecule has 0 bridgehead atoms. The minimum Gasteiger partial charge on any atom is -0.330 e. The Labute approximate surface area is 104 Å². The molecule has 96 valence electrons. The van der Waals surface area contributed by atoms with Gasteiger partial charge in [0.1, 0.15) is 0 Å². The first-order valence-electron chi connectivity index (χ1n) is 6.58. The second-order valence-electron chi connectivity index (χ2n) is 5.50. The monoisotopic (exact) mass is 236 g/mol. The summed E-state index contributed by atoms with van der Waals surface area (Å²) in [4.78, 5) is 2.49. The van der Waals surface area contributed by atoms with Crippen LogP contribution in [0, 0.1) is 5.92 Å². The smallest absolute Gasteiger partial charge is 0.0764 e. The second kappa shape index (κ2) is 5.19. The third-order valence-corrected chi connectivity index (χ3v) is 3.68. The zero-order valence-corrected chi connectivity index (χ0v) is 11.1. The lowest BCUT2D eigenvalue weighted by atomic mass is 10.1. The van der Waals surface area contributed by atoms with E-state index < -0.39 is 0 Å². The fourth-order valence-corrected chi connectivity index (χ4v) is 2.57. The van der Waals surface area contributed by atoms with E-state index in [9.17, 15) is 0 Å². The molecule has 0 aliphatic carbocycles. The maximum atomic E-state index is 5.75. The van der Waals surface area contributed by atoms with Crippen molar-refractivity contribution in [2.24, 2.45) is 11.7 Å². The molecule has 2 atom stereocenters. The van der Waals surface area contributed by atoms with E-state index in [0.29, 0.717) is 18.0 Å². The van der Waals surface area contributed by atoms with Crippen molar-refractivity contribution in [2.45, 2.75) is 45.8 Å². The van der Waals surface area contributed by atoms with Gasteiger partial charge < -0.3 is 5.73 Å². The molecular weight excluding hydrogens is 212 g/mol. The van der Waals surface area contributed by atoms with Crippen LogP contribution in [0.25, 0.3) is 0 Å². The van der Waals surface area contributed by atoms with Crippen LogP contribution in [-0.2, 0) is 6.54 Å². The van der Waals surface area contributed by atoms with Crippen molar-refractivity contribution in [3.8, 4) is 0 Å². The fraction of sp³-hybridized carbons (Fsp3) is 0.769. The molecule has 0 saturated carbocycles. The lowest BCUT2D eigenvalue weighted by Crippen LogP contribution is -2.27. The van der Waals surface area contributed by atoms with E-state index in [-0.39, 0.29) is 0 Å². The van der Waals surface area contributed by atoms with Crippen molar-refractivity contribution in [1.82, 2.24) is 14.7 Å². The fourth-order valence-electron chi connectivity index (χ4n) is 2.57. The molecule has 1 fully saturated rings. The highest BCUT2D eigenvalue weighted by Crippen LogP contribution is 2.23. The SMILES string of the molecule is CC1CC(CN)CN1Cc1ccn(C(C)C)n1. The summed E-state index contributed by atoms with van der Waals surface area (Å²) in [5, 5.41) is 4.60. The lowest BCUT2D eigenvalue weighted by Gasteiger charge is -2.19. The maximum Gasteiger partial charge on any atom is 0.0764 e. The van der Waals surface area contributed by atoms with E-state index in [2.05, 4.69) is 43.0 Å². The van der Waals surface area contributed by atoms with Crippen LogP contribution in [0.15, 0.2) is 12.3 Å². The van der Waals surface area contributed by atoms with Crippen molar-refractivity contribution in [2.75, 3.05) is 13.1 Å². The summed E-state index contributed by atoms with van der Waals surface area (Å²) in [6.07, 6.45) is 3.29. The Kier molecular flexibility index (Phi) is 3.84. The van der Waals surface area contributed by atoms with Gasteiger partial charge in [-0.1, -0.05) is 0 Å². The van der Waals surface area contributed by atoms with E-state index in [0.717, 1.165) is 19.6 Å². The summed E-state index contributed by atoms with van der Waals surface area (Å²) in [7, 11) is 0. The number of likely N-dealkylation sites (tertiary alicyclic amines) is 1. The molecule has 1 aliphatic heterocycles. The van der Waals surface area contributed by atoms with Crippen LogP contribution in [0.4, 0.5) is 0 Å². The molecule has 2 heterocycles. The molecule has 1 aromatic rings. The normalized spacial score (nSPS) is 25.9. The molecule has 1 aromatic heterocycles. The number of hydrogen-bond donors (Lipinski definition) is 1. The average Bonchev–Trinajstić information content (AvgIpc) is 2.87. The number of nitrogens with zero attached hydrogens (tertiary/aromatic N) is 3. The van der Waals surface area contributed by atoms with Gasteiger partial charge in [-0.3, -0.25) is 9.58 Å². The minimum absolute atomic E-state index is 0.441. The highest BCUT2D eigenvalue weighted by atomic mass is 15.3. The Balaban J connectivity index is 1.96. The summed E-state index contributed by atoms with van der Waals surface area (Å²) in [5.74, 6) is 0.664. The molecule has 17 heavy (non-hydrogen) atoms. The van der Waals surface area contributed by atoms with Gasteiger partial charge in [0.25, 0.3) is 0 Å². The van der Waals surface area contributed by atoms with Gasteiger partial charge in [0.2, 0.25) is 0 Å². The average molecular weight is 236 g/mol. The van der Waals surface area contributed by atoms with Crippen molar-refractivity contribution < 1.29 is 0 Å². The molecule has 4 nitrogen and oxygen atoms in total. The zero-order chi connectivity index (χ0) is 12.4. The zero-order valence-electron chi connectivity index (χ0n) is 11.1. The van der Waals surface area contributed by atoms with E-state index in [4.69, 9.17) is 5.73 Å². The number of hydrogen-bond acceptors (Lipinski definition) is 3. The molecule has 4 heteroatoms. The van der Waals surface area contributed by atoms with E-state index in [1.807, 2.05) is 4.68 Å². The molecule has 0 aromatic carbocycles. The Morgan fingerprint density at radius 2 is 2.29 bits per heavy atom. The van der Waals surface area contributed by atoms with Crippen molar-refractivity contribution in [3.63, 3.8) is 0 Å². The molecule has 1 saturated heterocycles. The minimum atomic E-state index is 0.441. The van der Waals surface area contributed by atoms with E-state index in [1.54, 1.807) is 0 Å². The summed E-state index contributed by atoms with van der Waals surface area (Å²) >= 11 is 0. The van der Waals surface area contributed by atoms with Gasteiger partial charge in [-0.15, -0.1) is 0 Å². The van der Waals surface area contributed by atoms with Gasteiger partial charge in [-0.2, -0.15) is 5.10 Å². The van der Waals surface area contributed by atoms with Gasteiger partial charge in [-0.05, 0) is 45.7 Å². The van der Waals surface area contributed by atoms with E-state index in [1.165, 1.54) is 12.1 Å². The van der Waals surface area contributed by atoms with Gasteiger partial charge in [0.15, 0.2) is 0 Å². The number of rotatable bonds is 4. The van der Waals surface area contributed by atoms with Gasteiger partial charge in [0, 0.05) is 31.4 Å². The molecule has 1 aliphatic rings. The Hall–Kier alpha value is -0.870. The first-order chi connectivity index (χ1) is 8.10. The van der Waals surface area contributed by atoms with Crippen LogP contribution >= 0.6 is 0 Å². The van der Waals surface area contributed by atoms with Crippen molar-refractivity contribution in [1.29, 1.82) is 0 Å². The Morgan fingerprint density at radius 3 is 2.82 bits per heavy atom. The Bertz CT molecular complexity index is 358. The van der Waals surface area contributed by atoms with Crippen LogP contribution in [-0.4, -0.2) is 33.8 Å². The van der Waals surface area contributed by atoms with Crippen LogP contribution in [0.1, 0.15) is 38.9 Å². The topological polar surface area (TPSA) is 47.1 Å². The lowest BCUT2D eigenvalue weighted by molar-refractivity contribution is 0.251. The van der Waals surface area contributed by atoms with Crippen molar-refractivity contribution >= 4 is 0 Å². The number of nitrogens with two attached hydrogens (primary N) is 1. The highest BCUT2D eigenvalue weighted by Gasteiger charge is 2.28. The highest BCUT2D eigenvalue weighted by molar-refractivity contribution is 5.01. The molecule has 0 radical (unpaired) electrons. The maximum absolute atomic E-state index is 5.75. The summed E-state index contributed by atoms with van der Waals surface area (Å²) in [5.41, 5.74) is 6.92. The van der Waals surface area contributed by atoms with Gasteiger partial charge in [-0.25, -0.2) is 0 Å². The van der Waals surface area contributed by atoms with Crippen LogP contribution in [0.3, 0.4) is 0 Å². The quantitative estimate of drug-likeness (QED) is 0.864. The Morgan fingerprint density at radius 1 is 1.53 bits per heavy atom. The standard InChI is InChI=1S/C13H24N4/c1-10(2)17-5-4-13(15-17)9-16-8-12(7-14)6-11(16)3/h4-5,10-12H,6-9,14H2,1-3H3. The molecule has 2 rings (SSSR count). The third-order valence-electron chi connectivity index (χ3n) is 3.68. The van der Waals surface area contributed by atoms with E-state index >= 15 is 0 Å². The van der Waals surface area contributed by atoms with Crippen LogP contribution in [0.5, 0.6) is 0 Å². The predicted octanol–water partition coefficient (Wildman–Crippen LogP) is 1.63. The van der Waals surface area contributed by atoms with Crippen molar-refractivity contribution in [3.05, 3.63) is 18.0 Å². The summed E-state index contributed by atoms with van der Waals surface area (Å²) in [6, 6.07) is 3.20. The summed E-state index contributed by atoms with van der Waals surface area (Å²) < 4.78 is 2.02. The molecule has 0 amide bonds. The molecule has 2 N–H and O–H groups in total. The van der Waals surface area contributed by atoms with Gasteiger partial charge in [0.05, 0.1) is 5.69 Å². The summed E-state index contributed by atoms with van der Waals surface area (Å²) in [6.45, 7) is 9.47. The third kappa shape index (κ3) is 2.87. The first-order valence-corrected chi connectivity index (χ1v) is 6.58. The predicted molar refractivity (Wildman–Crippen MR) is 69.6 cm³/mol.